The van der Waals surface area contributed by atoms with Crippen molar-refractivity contribution in [3.8, 4) is 0 Å². The van der Waals surface area contributed by atoms with Gasteiger partial charge < -0.3 is 10.1 Å². The lowest BCUT2D eigenvalue weighted by Crippen LogP contribution is -2.59. The summed E-state index contributed by atoms with van der Waals surface area (Å²) >= 11 is 5.88. The fraction of sp³-hybridized carbons (Fsp3) is 0.529. The molecule has 5 nitrogen and oxygen atoms in total. The molecule has 1 N–H and O–H groups in total. The second-order valence-corrected chi connectivity index (χ2v) is 7.84. The van der Waals surface area contributed by atoms with Crippen LogP contribution in [0.4, 0.5) is 4.79 Å². The van der Waals surface area contributed by atoms with Crippen LogP contribution in [0.5, 0.6) is 0 Å². The summed E-state index contributed by atoms with van der Waals surface area (Å²) in [4.78, 5) is 26.7. The van der Waals surface area contributed by atoms with E-state index in [2.05, 4.69) is 5.32 Å². The highest BCUT2D eigenvalue weighted by Crippen LogP contribution is 2.48. The van der Waals surface area contributed by atoms with Crippen molar-refractivity contribution < 1.29 is 14.3 Å². The molecule has 0 saturated carbocycles. The molecule has 0 bridgehead atoms. The van der Waals surface area contributed by atoms with Crippen LogP contribution >= 0.6 is 11.6 Å². The van der Waals surface area contributed by atoms with E-state index in [1.54, 1.807) is 12.1 Å². The fourth-order valence-corrected chi connectivity index (χ4v) is 3.86. The number of imide groups is 1. The number of nitrogens with zero attached hydrogens (tertiary/aromatic N) is 1. The first-order valence-electron chi connectivity index (χ1n) is 7.65. The standard InChI is InChI=1S/C17H21ClN2O3/c1-15(2)10-17(16(3,4)23-15)13(21)20(14(22)19-17)9-11-5-7-12(18)8-6-11/h5-8H,9-10H2,1-4H3,(H,19,22)/t17-/m0/s1. The molecule has 2 saturated heterocycles. The molecule has 23 heavy (non-hydrogen) atoms. The van der Waals surface area contributed by atoms with Crippen LogP contribution in [0.1, 0.15) is 39.7 Å². The third kappa shape index (κ3) is 2.52. The van der Waals surface area contributed by atoms with Gasteiger partial charge in [-0.05, 0) is 45.4 Å². The molecule has 2 fully saturated rings. The summed E-state index contributed by atoms with van der Waals surface area (Å²) in [7, 11) is 0. The third-order valence-corrected chi connectivity index (χ3v) is 4.93. The molecule has 3 amide bonds. The molecule has 1 spiro atoms. The molecule has 0 radical (unpaired) electrons. The first-order chi connectivity index (χ1) is 10.6. The van der Waals surface area contributed by atoms with Gasteiger partial charge in [0.25, 0.3) is 5.91 Å². The van der Waals surface area contributed by atoms with Crippen LogP contribution in [0.25, 0.3) is 0 Å². The molecular weight excluding hydrogens is 316 g/mol. The van der Waals surface area contributed by atoms with E-state index in [1.165, 1.54) is 4.90 Å². The predicted octanol–water partition coefficient (Wildman–Crippen LogP) is 3.11. The van der Waals surface area contributed by atoms with E-state index in [4.69, 9.17) is 16.3 Å². The summed E-state index contributed by atoms with van der Waals surface area (Å²) in [6, 6.07) is 6.75. The molecule has 6 heteroatoms. The van der Waals surface area contributed by atoms with Gasteiger partial charge in [-0.1, -0.05) is 23.7 Å². The number of ether oxygens (including phenoxy) is 1. The van der Waals surface area contributed by atoms with Gasteiger partial charge in [0.05, 0.1) is 17.7 Å². The number of halogens is 1. The highest BCUT2D eigenvalue weighted by atomic mass is 35.5. The normalized spacial score (nSPS) is 28.5. The number of urea groups is 1. The van der Waals surface area contributed by atoms with Crippen molar-refractivity contribution in [2.24, 2.45) is 0 Å². The lowest BCUT2D eigenvalue weighted by Gasteiger charge is -2.33. The second-order valence-electron chi connectivity index (χ2n) is 7.40. The minimum Gasteiger partial charge on any atom is -0.367 e. The van der Waals surface area contributed by atoms with Gasteiger partial charge in [-0.15, -0.1) is 0 Å². The summed E-state index contributed by atoms with van der Waals surface area (Å²) in [6.07, 6.45) is 0.453. The lowest BCUT2D eigenvalue weighted by atomic mass is 9.79. The molecule has 2 aliphatic heterocycles. The van der Waals surface area contributed by atoms with Gasteiger partial charge in [-0.3, -0.25) is 9.69 Å². The summed E-state index contributed by atoms with van der Waals surface area (Å²) in [5, 5.41) is 3.51. The number of benzene rings is 1. The van der Waals surface area contributed by atoms with Gasteiger partial charge in [0.1, 0.15) is 0 Å². The summed E-state index contributed by atoms with van der Waals surface area (Å²) in [5.74, 6) is -0.229. The largest absolute Gasteiger partial charge is 0.367 e. The van der Waals surface area contributed by atoms with Crippen LogP contribution in [0.15, 0.2) is 24.3 Å². The number of hydrogen-bond donors (Lipinski definition) is 1. The van der Waals surface area contributed by atoms with Crippen LogP contribution in [-0.2, 0) is 16.1 Å². The molecule has 1 atom stereocenters. The molecular formula is C17H21ClN2O3. The van der Waals surface area contributed by atoms with Crippen LogP contribution in [0, 0.1) is 0 Å². The highest BCUT2D eigenvalue weighted by Gasteiger charge is 2.67. The van der Waals surface area contributed by atoms with Crippen molar-refractivity contribution in [2.75, 3.05) is 0 Å². The Morgan fingerprint density at radius 1 is 1.17 bits per heavy atom. The van der Waals surface area contributed by atoms with E-state index >= 15 is 0 Å². The third-order valence-electron chi connectivity index (χ3n) is 4.68. The highest BCUT2D eigenvalue weighted by molar-refractivity contribution is 6.30. The van der Waals surface area contributed by atoms with E-state index in [1.807, 2.05) is 39.8 Å². The topological polar surface area (TPSA) is 58.6 Å². The predicted molar refractivity (Wildman–Crippen MR) is 87.1 cm³/mol. The summed E-state index contributed by atoms with van der Waals surface area (Å²) in [5.41, 5.74) is -1.40. The average Bonchev–Trinajstić information content (AvgIpc) is 2.76. The minimum atomic E-state index is -1.01. The zero-order valence-corrected chi connectivity index (χ0v) is 14.5. The van der Waals surface area contributed by atoms with Gasteiger partial charge in [-0.2, -0.15) is 0 Å². The number of hydrogen-bond acceptors (Lipinski definition) is 3. The maximum absolute atomic E-state index is 13.1. The van der Waals surface area contributed by atoms with Crippen molar-refractivity contribution in [1.29, 1.82) is 0 Å². The lowest BCUT2D eigenvalue weighted by molar-refractivity contribution is -0.138. The molecule has 3 rings (SSSR count). The quantitative estimate of drug-likeness (QED) is 0.844. The Bertz CT molecular complexity index is 669. The Morgan fingerprint density at radius 2 is 1.78 bits per heavy atom. The van der Waals surface area contributed by atoms with Crippen molar-refractivity contribution in [3.63, 3.8) is 0 Å². The summed E-state index contributed by atoms with van der Waals surface area (Å²) in [6.45, 7) is 7.80. The van der Waals surface area contributed by atoms with Gasteiger partial charge in [0.2, 0.25) is 0 Å². The fourth-order valence-electron chi connectivity index (χ4n) is 3.74. The molecule has 124 valence electrons. The Morgan fingerprint density at radius 3 is 2.30 bits per heavy atom. The van der Waals surface area contributed by atoms with E-state index in [-0.39, 0.29) is 18.5 Å². The minimum absolute atomic E-state index is 0.222. The number of amides is 3. The molecule has 1 aromatic carbocycles. The van der Waals surface area contributed by atoms with Crippen LogP contribution in [0.2, 0.25) is 5.02 Å². The van der Waals surface area contributed by atoms with Crippen molar-refractivity contribution in [2.45, 2.75) is 57.4 Å². The second kappa shape index (κ2) is 4.95. The van der Waals surface area contributed by atoms with Crippen LogP contribution in [0.3, 0.4) is 0 Å². The molecule has 0 aromatic heterocycles. The number of rotatable bonds is 2. The molecule has 2 aliphatic rings. The zero-order chi connectivity index (χ0) is 17.0. The Hall–Kier alpha value is -1.59. The Labute approximate surface area is 140 Å². The number of carbonyl (C=O) groups is 2. The van der Waals surface area contributed by atoms with Gasteiger partial charge in [-0.25, -0.2) is 4.79 Å². The molecule has 1 aromatic rings. The monoisotopic (exact) mass is 336 g/mol. The average molecular weight is 337 g/mol. The maximum atomic E-state index is 13.1. The Kier molecular flexibility index (Phi) is 3.50. The van der Waals surface area contributed by atoms with Crippen LogP contribution in [-0.4, -0.2) is 33.6 Å². The Balaban J connectivity index is 1.90. The molecule has 0 unspecified atom stereocenters. The van der Waals surface area contributed by atoms with Gasteiger partial charge in [0, 0.05) is 11.4 Å². The van der Waals surface area contributed by atoms with E-state index in [0.717, 1.165) is 5.56 Å². The number of carbonyl (C=O) groups excluding carboxylic acids is 2. The maximum Gasteiger partial charge on any atom is 0.325 e. The smallest absolute Gasteiger partial charge is 0.325 e. The van der Waals surface area contributed by atoms with E-state index < -0.39 is 16.7 Å². The molecule has 0 aliphatic carbocycles. The van der Waals surface area contributed by atoms with Crippen molar-refractivity contribution >= 4 is 23.5 Å². The van der Waals surface area contributed by atoms with Crippen LogP contribution < -0.4 is 5.32 Å². The van der Waals surface area contributed by atoms with Crippen molar-refractivity contribution in [3.05, 3.63) is 34.9 Å². The molecule has 2 heterocycles. The van der Waals surface area contributed by atoms with E-state index in [9.17, 15) is 9.59 Å². The van der Waals surface area contributed by atoms with E-state index in [0.29, 0.717) is 11.4 Å². The number of nitrogens with one attached hydrogen (secondary N) is 1. The SMILES string of the molecule is CC1(C)C[C@@]2(NC(=O)N(Cc3ccc(Cl)cc3)C2=O)C(C)(C)O1. The zero-order valence-electron chi connectivity index (χ0n) is 13.8. The summed E-state index contributed by atoms with van der Waals surface area (Å²) < 4.78 is 6.03. The first-order valence-corrected chi connectivity index (χ1v) is 8.03. The van der Waals surface area contributed by atoms with Gasteiger partial charge >= 0.3 is 6.03 Å². The van der Waals surface area contributed by atoms with Crippen molar-refractivity contribution in [1.82, 2.24) is 10.2 Å². The first kappa shape index (κ1) is 16.3. The van der Waals surface area contributed by atoms with Gasteiger partial charge in [0.15, 0.2) is 5.54 Å².